The lowest BCUT2D eigenvalue weighted by atomic mass is 10.4. The number of halogens is 1. The molecule has 0 aliphatic rings. The Kier molecular flexibility index (Phi) is 5.39. The summed E-state index contributed by atoms with van der Waals surface area (Å²) in [4.78, 5) is 23.4. The van der Waals surface area contributed by atoms with Crippen LogP contribution >= 0.6 is 11.6 Å². The summed E-state index contributed by atoms with van der Waals surface area (Å²) >= 11 is 5.87. The fourth-order valence-electron chi connectivity index (χ4n) is 1.37. The highest BCUT2D eigenvalue weighted by Crippen LogP contribution is 2.14. The second-order valence-corrected chi connectivity index (χ2v) is 4.52. The van der Waals surface area contributed by atoms with Gasteiger partial charge in [0.15, 0.2) is 0 Å². The maximum atomic E-state index is 11.9. The van der Waals surface area contributed by atoms with E-state index < -0.39 is 5.56 Å². The molecule has 0 saturated carbocycles. The van der Waals surface area contributed by atoms with Gasteiger partial charge in [0, 0.05) is 6.04 Å². The first kappa shape index (κ1) is 15.1. The monoisotopic (exact) mass is 282 g/mol. The van der Waals surface area contributed by atoms with Crippen LogP contribution in [0.1, 0.15) is 13.8 Å². The molecule has 0 bridgehead atoms. The van der Waals surface area contributed by atoms with Crippen LogP contribution < -0.4 is 16.2 Å². The number of nitrogens with zero attached hydrogens (tertiary/aromatic N) is 2. The molecule has 1 aromatic heterocycles. The van der Waals surface area contributed by atoms with Crippen LogP contribution in [0.3, 0.4) is 0 Å². The SMILES string of the molecule is C#CCn1ncc(Cl)c(NCC(=O)NC(C)C)c1=O. The standard InChI is InChI=1S/C12H15ClN4O2/c1-4-5-17-12(19)11(9(13)6-15-17)14-7-10(18)16-8(2)3/h1,6,8,14H,5,7H2,2-3H3,(H,16,18). The van der Waals surface area contributed by atoms with Crippen molar-refractivity contribution in [2.45, 2.75) is 26.4 Å². The summed E-state index contributed by atoms with van der Waals surface area (Å²) in [5, 5.41) is 9.33. The molecule has 2 N–H and O–H groups in total. The van der Waals surface area contributed by atoms with E-state index in [0.29, 0.717) is 0 Å². The summed E-state index contributed by atoms with van der Waals surface area (Å²) in [5.41, 5.74) is -0.339. The third-order valence-corrected chi connectivity index (χ3v) is 2.40. The lowest BCUT2D eigenvalue weighted by Crippen LogP contribution is -2.36. The van der Waals surface area contributed by atoms with Crippen LogP contribution in [0, 0.1) is 12.3 Å². The van der Waals surface area contributed by atoms with Crippen molar-refractivity contribution in [1.29, 1.82) is 0 Å². The molecule has 7 heteroatoms. The maximum Gasteiger partial charge on any atom is 0.292 e. The van der Waals surface area contributed by atoms with Crippen LogP contribution in [0.2, 0.25) is 5.02 Å². The zero-order valence-electron chi connectivity index (χ0n) is 10.7. The molecule has 0 saturated heterocycles. The second kappa shape index (κ2) is 6.81. The molecular formula is C12H15ClN4O2. The number of anilines is 1. The summed E-state index contributed by atoms with van der Waals surface area (Å²) in [5.74, 6) is 2.08. The van der Waals surface area contributed by atoms with Crippen LogP contribution in [0.15, 0.2) is 11.0 Å². The van der Waals surface area contributed by atoms with E-state index in [1.165, 1.54) is 6.20 Å². The van der Waals surface area contributed by atoms with Gasteiger partial charge < -0.3 is 10.6 Å². The minimum atomic E-state index is -0.456. The lowest BCUT2D eigenvalue weighted by molar-refractivity contribution is -0.119. The van der Waals surface area contributed by atoms with Gasteiger partial charge in [0.1, 0.15) is 12.2 Å². The molecule has 0 radical (unpaired) electrons. The molecule has 0 fully saturated rings. The number of aromatic nitrogens is 2. The Morgan fingerprint density at radius 2 is 2.32 bits per heavy atom. The smallest absolute Gasteiger partial charge is 0.292 e. The van der Waals surface area contributed by atoms with Crippen molar-refractivity contribution in [3.05, 3.63) is 21.6 Å². The quantitative estimate of drug-likeness (QED) is 0.770. The number of nitrogens with one attached hydrogen (secondary N) is 2. The minimum absolute atomic E-state index is 0.0281. The molecule has 19 heavy (non-hydrogen) atoms. The first-order valence-electron chi connectivity index (χ1n) is 5.68. The van der Waals surface area contributed by atoms with Crippen molar-refractivity contribution in [1.82, 2.24) is 15.1 Å². The van der Waals surface area contributed by atoms with Gasteiger partial charge in [-0.2, -0.15) is 5.10 Å². The summed E-state index contributed by atoms with van der Waals surface area (Å²) in [7, 11) is 0. The van der Waals surface area contributed by atoms with Crippen molar-refractivity contribution < 1.29 is 4.79 Å². The molecule has 1 aromatic rings. The van der Waals surface area contributed by atoms with E-state index in [-0.39, 0.29) is 35.7 Å². The van der Waals surface area contributed by atoms with E-state index in [0.717, 1.165) is 4.68 Å². The van der Waals surface area contributed by atoms with Gasteiger partial charge in [-0.1, -0.05) is 17.5 Å². The van der Waals surface area contributed by atoms with Gasteiger partial charge >= 0.3 is 0 Å². The Labute approximate surface area is 116 Å². The third kappa shape index (κ3) is 4.30. The van der Waals surface area contributed by atoms with Gasteiger partial charge in [0.2, 0.25) is 5.91 Å². The van der Waals surface area contributed by atoms with Crippen molar-refractivity contribution in [2.24, 2.45) is 0 Å². The molecule has 1 heterocycles. The fourth-order valence-corrected chi connectivity index (χ4v) is 1.56. The first-order valence-corrected chi connectivity index (χ1v) is 6.05. The Morgan fingerprint density at radius 3 is 2.89 bits per heavy atom. The zero-order valence-corrected chi connectivity index (χ0v) is 11.5. The van der Waals surface area contributed by atoms with E-state index in [1.807, 2.05) is 13.8 Å². The van der Waals surface area contributed by atoms with Crippen molar-refractivity contribution in [3.63, 3.8) is 0 Å². The lowest BCUT2D eigenvalue weighted by Gasteiger charge is -2.11. The molecule has 0 unspecified atom stereocenters. The van der Waals surface area contributed by atoms with Crippen LogP contribution in [0.5, 0.6) is 0 Å². The molecule has 0 spiro atoms. The van der Waals surface area contributed by atoms with Gasteiger partial charge in [-0.3, -0.25) is 9.59 Å². The third-order valence-electron chi connectivity index (χ3n) is 2.11. The van der Waals surface area contributed by atoms with Crippen LogP contribution in [-0.2, 0) is 11.3 Å². The molecule has 1 amide bonds. The molecule has 0 aliphatic carbocycles. The normalized spacial score (nSPS) is 10.1. The predicted octanol–water partition coefficient (Wildman–Crippen LogP) is 0.466. The Balaban J connectivity index is 2.84. The van der Waals surface area contributed by atoms with E-state index >= 15 is 0 Å². The molecule has 0 aromatic carbocycles. The topological polar surface area (TPSA) is 76.0 Å². The number of terminal acetylenes is 1. The van der Waals surface area contributed by atoms with Crippen molar-refractivity contribution >= 4 is 23.2 Å². The highest BCUT2D eigenvalue weighted by molar-refractivity contribution is 6.33. The van der Waals surface area contributed by atoms with E-state index in [1.54, 1.807) is 0 Å². The van der Waals surface area contributed by atoms with Crippen LogP contribution in [0.4, 0.5) is 5.69 Å². The van der Waals surface area contributed by atoms with Gasteiger partial charge in [-0.05, 0) is 13.8 Å². The average molecular weight is 283 g/mol. The molecule has 1 rings (SSSR count). The van der Waals surface area contributed by atoms with E-state index in [4.69, 9.17) is 18.0 Å². The maximum absolute atomic E-state index is 11.9. The largest absolute Gasteiger partial charge is 0.370 e. The highest BCUT2D eigenvalue weighted by Gasteiger charge is 2.11. The molecule has 102 valence electrons. The number of carbonyl (C=O) groups excluding carboxylic acids is 1. The van der Waals surface area contributed by atoms with E-state index in [2.05, 4.69) is 21.7 Å². The number of rotatable bonds is 5. The summed E-state index contributed by atoms with van der Waals surface area (Å²) in [6.45, 7) is 3.69. The summed E-state index contributed by atoms with van der Waals surface area (Å²) in [6, 6.07) is 0.0281. The van der Waals surface area contributed by atoms with Gasteiger partial charge in [0.25, 0.3) is 5.56 Å². The number of carbonyl (C=O) groups is 1. The Bertz CT molecular complexity index is 560. The van der Waals surface area contributed by atoms with E-state index in [9.17, 15) is 9.59 Å². The predicted molar refractivity (Wildman–Crippen MR) is 74.1 cm³/mol. The molecular weight excluding hydrogens is 268 g/mol. The van der Waals surface area contributed by atoms with Gasteiger partial charge in [0.05, 0.1) is 17.8 Å². The summed E-state index contributed by atoms with van der Waals surface area (Å²) < 4.78 is 1.09. The molecule has 6 nitrogen and oxygen atoms in total. The fraction of sp³-hybridized carbons (Fsp3) is 0.417. The van der Waals surface area contributed by atoms with Gasteiger partial charge in [-0.15, -0.1) is 6.42 Å². The first-order chi connectivity index (χ1) is 8.95. The number of hydrogen-bond donors (Lipinski definition) is 2. The zero-order chi connectivity index (χ0) is 14.4. The van der Waals surface area contributed by atoms with Crippen LogP contribution in [-0.4, -0.2) is 28.3 Å². The van der Waals surface area contributed by atoms with Crippen molar-refractivity contribution in [2.75, 3.05) is 11.9 Å². The average Bonchev–Trinajstić information content (AvgIpc) is 2.32. The Hall–Kier alpha value is -2.00. The minimum Gasteiger partial charge on any atom is -0.370 e. The second-order valence-electron chi connectivity index (χ2n) is 4.11. The number of hydrogen-bond acceptors (Lipinski definition) is 4. The highest BCUT2D eigenvalue weighted by atomic mass is 35.5. The van der Waals surface area contributed by atoms with Crippen molar-refractivity contribution in [3.8, 4) is 12.3 Å². The molecule has 0 atom stereocenters. The van der Waals surface area contributed by atoms with Crippen LogP contribution in [0.25, 0.3) is 0 Å². The van der Waals surface area contributed by atoms with Gasteiger partial charge in [-0.25, -0.2) is 4.68 Å². The summed E-state index contributed by atoms with van der Waals surface area (Å²) in [6.07, 6.45) is 6.44. The molecule has 0 aliphatic heterocycles. The Morgan fingerprint density at radius 1 is 1.63 bits per heavy atom. The number of amides is 1.